The highest BCUT2D eigenvalue weighted by Gasteiger charge is 2.21. The predicted octanol–water partition coefficient (Wildman–Crippen LogP) is 5.80. The first-order valence-electron chi connectivity index (χ1n) is 8.47. The first-order valence-corrected chi connectivity index (χ1v) is 11.2. The second-order valence-corrected chi connectivity index (χ2v) is 9.36. The molecule has 4 nitrogen and oxygen atoms in total. The van der Waals surface area contributed by atoms with Crippen LogP contribution in [-0.4, -0.2) is 20.5 Å². The summed E-state index contributed by atoms with van der Waals surface area (Å²) < 4.78 is 0.931. The average Bonchev–Trinajstić information content (AvgIpc) is 3.17. The van der Waals surface area contributed by atoms with E-state index in [-0.39, 0.29) is 11.2 Å². The number of thiazole rings is 1. The highest BCUT2D eigenvalue weighted by Crippen LogP contribution is 2.36. The zero-order valence-electron chi connectivity index (χ0n) is 14.6. The van der Waals surface area contributed by atoms with Gasteiger partial charge in [0.15, 0.2) is 5.13 Å². The van der Waals surface area contributed by atoms with Gasteiger partial charge < -0.3 is 5.32 Å². The summed E-state index contributed by atoms with van der Waals surface area (Å²) in [5.74, 6) is 0.833. The van der Waals surface area contributed by atoms with Gasteiger partial charge in [0.25, 0.3) is 0 Å². The van der Waals surface area contributed by atoms with E-state index in [1.54, 1.807) is 11.8 Å². The van der Waals surface area contributed by atoms with Crippen molar-refractivity contribution in [3.05, 3.63) is 65.5 Å². The van der Waals surface area contributed by atoms with E-state index in [1.165, 1.54) is 28.7 Å². The van der Waals surface area contributed by atoms with Crippen molar-refractivity contribution >= 4 is 56.0 Å². The lowest BCUT2D eigenvalue weighted by Crippen LogP contribution is -2.23. The molecule has 136 valence electrons. The van der Waals surface area contributed by atoms with Gasteiger partial charge in [0.05, 0.1) is 16.6 Å². The lowest BCUT2D eigenvalue weighted by molar-refractivity contribution is -0.115. The Morgan fingerprint density at radius 3 is 2.78 bits per heavy atom. The predicted molar refractivity (Wildman–Crippen MR) is 118 cm³/mol. The third-order valence-corrected chi connectivity index (χ3v) is 7.06. The molecule has 0 bridgehead atoms. The minimum absolute atomic E-state index is 0.0591. The Morgan fingerprint density at radius 2 is 1.93 bits per heavy atom. The van der Waals surface area contributed by atoms with Gasteiger partial charge >= 0.3 is 0 Å². The number of anilines is 1. The molecule has 1 aliphatic heterocycles. The molecule has 3 aromatic rings. The number of hydrogen-bond donors (Lipinski definition) is 1. The van der Waals surface area contributed by atoms with E-state index >= 15 is 0 Å². The van der Waals surface area contributed by atoms with E-state index in [0.29, 0.717) is 5.13 Å². The average molecular weight is 412 g/mol. The van der Waals surface area contributed by atoms with Gasteiger partial charge in [0.2, 0.25) is 5.91 Å². The molecule has 0 saturated heterocycles. The number of benzene rings is 2. The number of thioether (sulfide) groups is 2. The third-order valence-electron chi connectivity index (χ3n) is 4.01. The summed E-state index contributed by atoms with van der Waals surface area (Å²) in [5, 5.41) is 5.26. The van der Waals surface area contributed by atoms with Crippen molar-refractivity contribution in [2.45, 2.75) is 17.9 Å². The van der Waals surface area contributed by atoms with Gasteiger partial charge in [0.1, 0.15) is 4.38 Å². The smallest absolute Gasteiger partial charge is 0.239 e. The fourth-order valence-corrected chi connectivity index (χ4v) is 5.47. The van der Waals surface area contributed by atoms with Crippen LogP contribution >= 0.6 is 34.9 Å². The molecule has 4 rings (SSSR count). The van der Waals surface area contributed by atoms with Crippen LogP contribution in [0.15, 0.2) is 65.0 Å². The molecule has 1 aliphatic rings. The van der Waals surface area contributed by atoms with Crippen LogP contribution in [0, 0.1) is 0 Å². The number of rotatable bonds is 4. The van der Waals surface area contributed by atoms with E-state index in [9.17, 15) is 4.79 Å². The molecule has 2 heterocycles. The van der Waals surface area contributed by atoms with Crippen molar-refractivity contribution in [1.29, 1.82) is 0 Å². The number of aromatic nitrogens is 1. The number of hydrogen-bond acceptors (Lipinski definition) is 6. The summed E-state index contributed by atoms with van der Waals surface area (Å²) >= 11 is 4.61. The van der Waals surface area contributed by atoms with Crippen LogP contribution in [-0.2, 0) is 10.5 Å². The maximum atomic E-state index is 12.5. The number of para-hydroxylation sites is 1. The highest BCUT2D eigenvalue weighted by atomic mass is 32.2. The number of fused-ring (bicyclic) bond motifs is 1. The number of aliphatic imine (C=N–C) groups is 1. The Kier molecular flexibility index (Phi) is 5.61. The molecular weight excluding hydrogens is 394 g/mol. The minimum atomic E-state index is -0.245. The van der Waals surface area contributed by atoms with Crippen LogP contribution in [0.1, 0.15) is 12.5 Å². The number of carbonyl (C=O) groups is 1. The summed E-state index contributed by atoms with van der Waals surface area (Å²) in [6.07, 6.45) is 0. The number of nitrogens with zero attached hydrogens (tertiary/aromatic N) is 2. The molecular formula is C20H17N3OS3. The van der Waals surface area contributed by atoms with E-state index < -0.39 is 0 Å². The molecule has 1 unspecified atom stereocenters. The van der Waals surface area contributed by atoms with Gasteiger partial charge in [-0.15, -0.1) is 11.3 Å². The van der Waals surface area contributed by atoms with Gasteiger partial charge in [-0.2, -0.15) is 0 Å². The first-order chi connectivity index (χ1) is 13.2. The zero-order valence-corrected chi connectivity index (χ0v) is 17.0. The van der Waals surface area contributed by atoms with Crippen LogP contribution in [0.3, 0.4) is 0 Å². The molecule has 1 aromatic heterocycles. The van der Waals surface area contributed by atoms with E-state index in [4.69, 9.17) is 0 Å². The standard InChI is InChI=1S/C20H17N3OS3/c1-13(27-20-22-16-10-6-5-9-15(16)11-26-20)18(24)23-19-21-17(12-25-19)14-7-3-2-4-8-14/h2-10,12-13H,11H2,1H3,(H,21,23,24). The third kappa shape index (κ3) is 4.43. The zero-order chi connectivity index (χ0) is 18.6. The maximum Gasteiger partial charge on any atom is 0.239 e. The van der Waals surface area contributed by atoms with Crippen LogP contribution in [0.2, 0.25) is 0 Å². The van der Waals surface area contributed by atoms with Crippen molar-refractivity contribution in [3.63, 3.8) is 0 Å². The monoisotopic (exact) mass is 411 g/mol. The Balaban J connectivity index is 1.39. The highest BCUT2D eigenvalue weighted by molar-refractivity contribution is 8.39. The van der Waals surface area contributed by atoms with Crippen molar-refractivity contribution < 1.29 is 4.79 Å². The molecule has 1 N–H and O–H groups in total. The fourth-order valence-electron chi connectivity index (χ4n) is 2.56. The van der Waals surface area contributed by atoms with Crippen molar-refractivity contribution in [2.75, 3.05) is 5.32 Å². The van der Waals surface area contributed by atoms with Gasteiger partial charge in [-0.25, -0.2) is 9.98 Å². The fraction of sp³-hybridized carbons (Fsp3) is 0.150. The van der Waals surface area contributed by atoms with Crippen LogP contribution in [0.5, 0.6) is 0 Å². The molecule has 0 saturated carbocycles. The summed E-state index contributed by atoms with van der Waals surface area (Å²) in [6.45, 7) is 1.90. The quantitative estimate of drug-likeness (QED) is 0.589. The molecule has 0 radical (unpaired) electrons. The Morgan fingerprint density at radius 1 is 1.15 bits per heavy atom. The molecule has 1 amide bonds. The summed E-state index contributed by atoms with van der Waals surface area (Å²) in [4.78, 5) is 21.7. The molecule has 0 fully saturated rings. The van der Waals surface area contributed by atoms with Gasteiger partial charge in [-0.05, 0) is 18.6 Å². The van der Waals surface area contributed by atoms with Gasteiger partial charge in [-0.1, -0.05) is 72.1 Å². The molecule has 1 atom stereocenters. The second kappa shape index (κ2) is 8.29. The van der Waals surface area contributed by atoms with Gasteiger partial charge in [-0.3, -0.25) is 4.79 Å². The van der Waals surface area contributed by atoms with Crippen LogP contribution in [0.4, 0.5) is 10.8 Å². The second-order valence-electron chi connectivity index (χ2n) is 5.95. The first kappa shape index (κ1) is 18.3. The molecule has 27 heavy (non-hydrogen) atoms. The lowest BCUT2D eigenvalue weighted by atomic mass is 10.2. The van der Waals surface area contributed by atoms with Crippen LogP contribution in [0.25, 0.3) is 11.3 Å². The summed E-state index contributed by atoms with van der Waals surface area (Å²) in [5.41, 5.74) is 4.15. The Labute approximate surface area is 170 Å². The lowest BCUT2D eigenvalue weighted by Gasteiger charge is -2.16. The molecule has 0 spiro atoms. The number of carbonyl (C=O) groups excluding carboxylic acids is 1. The number of amides is 1. The van der Waals surface area contributed by atoms with Crippen LogP contribution < -0.4 is 5.32 Å². The Bertz CT molecular complexity index is 985. The van der Waals surface area contributed by atoms with E-state index in [1.807, 2.05) is 60.8 Å². The number of nitrogens with one attached hydrogen (secondary N) is 1. The van der Waals surface area contributed by atoms with Crippen molar-refractivity contribution in [3.8, 4) is 11.3 Å². The van der Waals surface area contributed by atoms with Gasteiger partial charge in [0, 0.05) is 16.7 Å². The largest absolute Gasteiger partial charge is 0.301 e. The molecule has 2 aromatic carbocycles. The SMILES string of the molecule is CC(SC1=Nc2ccccc2CS1)C(=O)Nc1nc(-c2ccccc2)cs1. The van der Waals surface area contributed by atoms with E-state index in [2.05, 4.69) is 21.4 Å². The summed E-state index contributed by atoms with van der Waals surface area (Å²) in [7, 11) is 0. The minimum Gasteiger partial charge on any atom is -0.301 e. The van der Waals surface area contributed by atoms with E-state index in [0.717, 1.165) is 27.1 Å². The molecule has 7 heteroatoms. The maximum absolute atomic E-state index is 12.5. The molecule has 0 aliphatic carbocycles. The van der Waals surface area contributed by atoms with Crippen molar-refractivity contribution in [1.82, 2.24) is 4.98 Å². The topological polar surface area (TPSA) is 54.4 Å². The Hall–Kier alpha value is -2.09. The van der Waals surface area contributed by atoms with Crippen molar-refractivity contribution in [2.24, 2.45) is 4.99 Å². The normalized spacial score (nSPS) is 14.2. The summed E-state index contributed by atoms with van der Waals surface area (Å²) in [6, 6.07) is 18.1.